The van der Waals surface area contributed by atoms with Gasteiger partial charge >= 0.3 is 6.09 Å². The first-order valence-electron chi connectivity index (χ1n) is 15.8. The molecule has 1 aromatic heterocycles. The number of piperidine rings is 2. The first-order chi connectivity index (χ1) is 21.4. The van der Waals surface area contributed by atoms with E-state index >= 15 is 0 Å². The third kappa shape index (κ3) is 5.26. The molecule has 44 heavy (non-hydrogen) atoms. The van der Waals surface area contributed by atoms with Crippen molar-refractivity contribution in [1.29, 1.82) is 0 Å². The predicted molar refractivity (Wildman–Crippen MR) is 167 cm³/mol. The summed E-state index contributed by atoms with van der Waals surface area (Å²) in [6.45, 7) is 4.96. The molecule has 0 N–H and O–H groups in total. The zero-order valence-electron chi connectivity index (χ0n) is 25.8. The Bertz CT molecular complexity index is 1600. The van der Waals surface area contributed by atoms with Crippen LogP contribution in [-0.4, -0.2) is 104 Å². The predicted octanol–water partition coefficient (Wildman–Crippen LogP) is 3.69. The van der Waals surface area contributed by atoms with Gasteiger partial charge in [-0.05, 0) is 77.2 Å². The quantitative estimate of drug-likeness (QED) is 0.493. The second kappa shape index (κ2) is 11.9. The van der Waals surface area contributed by atoms with E-state index in [1.807, 2.05) is 37.0 Å². The number of benzene rings is 1. The standard InChI is InChI=1S/C33H41N5O6/c1-35(2)13-14-38-31-24-17-28-29(43-20-42-28)18-26(24)34-19-25(31)22-15-27(41-3)30(16-23(22)32(38)39)44-33(40)37-11-7-21(8-12-37)36-9-5-4-6-10-36/h15-19,21,24,26H,4-14,20H2,1-3H3. The van der Waals surface area contributed by atoms with Gasteiger partial charge in [0.2, 0.25) is 6.79 Å². The van der Waals surface area contributed by atoms with Crippen molar-refractivity contribution < 1.29 is 23.7 Å². The fourth-order valence-electron chi connectivity index (χ4n) is 7.23. The summed E-state index contributed by atoms with van der Waals surface area (Å²) >= 11 is 0. The van der Waals surface area contributed by atoms with E-state index < -0.39 is 6.09 Å². The fourth-order valence-corrected chi connectivity index (χ4v) is 7.23. The van der Waals surface area contributed by atoms with Gasteiger partial charge < -0.3 is 38.2 Å². The Labute approximate surface area is 257 Å². The summed E-state index contributed by atoms with van der Waals surface area (Å²) in [5.41, 5.74) is 1.59. The molecule has 5 heterocycles. The molecule has 0 radical (unpaired) electrons. The number of carbonyl (C=O) groups is 1. The minimum Gasteiger partial charge on any atom is -0.493 e. The Kier molecular flexibility index (Phi) is 7.84. The number of aromatic nitrogens is 1. The van der Waals surface area contributed by atoms with Gasteiger partial charge in [-0.2, -0.15) is 0 Å². The van der Waals surface area contributed by atoms with Crippen LogP contribution < -0.4 is 15.0 Å². The molecule has 11 heteroatoms. The maximum atomic E-state index is 14.3. The number of nitrogens with zero attached hydrogens (tertiary/aromatic N) is 5. The van der Waals surface area contributed by atoms with Gasteiger partial charge in [0.15, 0.2) is 23.0 Å². The zero-order chi connectivity index (χ0) is 30.4. The van der Waals surface area contributed by atoms with Gasteiger partial charge in [-0.15, -0.1) is 0 Å². The zero-order valence-corrected chi connectivity index (χ0v) is 25.8. The Morgan fingerprint density at radius 2 is 1.73 bits per heavy atom. The number of hydrogen-bond donors (Lipinski definition) is 0. The molecule has 3 fully saturated rings. The molecular formula is C33H41N5O6. The minimum absolute atomic E-state index is 0.145. The van der Waals surface area contributed by atoms with E-state index in [4.69, 9.17) is 23.9 Å². The van der Waals surface area contributed by atoms with Crippen molar-refractivity contribution in [3.63, 3.8) is 0 Å². The lowest BCUT2D eigenvalue weighted by Crippen LogP contribution is -2.48. The number of ether oxygens (including phenoxy) is 4. The van der Waals surface area contributed by atoms with E-state index in [2.05, 4.69) is 9.80 Å². The third-order valence-electron chi connectivity index (χ3n) is 9.62. The Morgan fingerprint density at radius 3 is 2.45 bits per heavy atom. The van der Waals surface area contributed by atoms with E-state index in [1.54, 1.807) is 24.1 Å². The number of likely N-dealkylation sites (tertiary alicyclic amines) is 2. The summed E-state index contributed by atoms with van der Waals surface area (Å²) in [4.78, 5) is 38.9. The maximum absolute atomic E-state index is 14.3. The van der Waals surface area contributed by atoms with Crippen molar-refractivity contribution >= 4 is 23.1 Å². The summed E-state index contributed by atoms with van der Waals surface area (Å²) in [6, 6.07) is 3.78. The van der Waals surface area contributed by atoms with Gasteiger partial charge in [0, 0.05) is 61.0 Å². The van der Waals surface area contributed by atoms with Crippen LogP contribution in [0.2, 0.25) is 0 Å². The minimum atomic E-state index is -0.412. The highest BCUT2D eigenvalue weighted by atomic mass is 16.7. The second-order valence-electron chi connectivity index (χ2n) is 12.6. The van der Waals surface area contributed by atoms with Crippen LogP contribution in [0.25, 0.3) is 10.8 Å². The molecule has 5 aliphatic rings. The molecule has 0 spiro atoms. The monoisotopic (exact) mass is 603 g/mol. The van der Waals surface area contributed by atoms with Gasteiger partial charge in [-0.1, -0.05) is 6.42 Å². The lowest BCUT2D eigenvalue weighted by molar-refractivity contribution is 0.0874. The average Bonchev–Trinajstić information content (AvgIpc) is 3.51. The molecule has 234 valence electrons. The molecular weight excluding hydrogens is 562 g/mol. The first kappa shape index (κ1) is 28.9. The number of aliphatic imine (C=N–C) groups is 1. The van der Waals surface area contributed by atoms with E-state index in [0.717, 1.165) is 37.2 Å². The SMILES string of the molecule is COc1cc2c3c(n(CCN(C)C)c(=O)c2cc1OC(=O)N1CCC(N2CCCCC2)CC1)C1C=C2OCOC2=CC1N=C3. The number of likely N-dealkylation sites (N-methyl/N-ethyl adjacent to an activating group) is 1. The van der Waals surface area contributed by atoms with E-state index in [0.29, 0.717) is 60.3 Å². The summed E-state index contributed by atoms with van der Waals surface area (Å²) in [6.07, 6.45) is 11.1. The number of carbonyl (C=O) groups excluding carboxylic acids is 1. The van der Waals surface area contributed by atoms with Crippen molar-refractivity contribution in [2.45, 2.75) is 56.7 Å². The van der Waals surface area contributed by atoms with Gasteiger partial charge in [0.05, 0.1) is 18.5 Å². The highest BCUT2D eigenvalue weighted by molar-refractivity contribution is 6.03. The summed E-state index contributed by atoms with van der Waals surface area (Å²) < 4.78 is 24.8. The number of methoxy groups -OCH3 is 1. The molecule has 7 rings (SSSR count). The van der Waals surface area contributed by atoms with Crippen LogP contribution in [0.5, 0.6) is 11.5 Å². The lowest BCUT2D eigenvalue weighted by Gasteiger charge is -2.39. The molecule has 3 saturated heterocycles. The van der Waals surface area contributed by atoms with Gasteiger partial charge in [0.25, 0.3) is 5.56 Å². The molecule has 2 unspecified atom stereocenters. The maximum Gasteiger partial charge on any atom is 0.415 e. The fraction of sp³-hybridized carbons (Fsp3) is 0.545. The molecule has 1 amide bonds. The molecule has 0 bridgehead atoms. The smallest absolute Gasteiger partial charge is 0.415 e. The van der Waals surface area contributed by atoms with Crippen molar-refractivity contribution in [1.82, 2.24) is 19.3 Å². The third-order valence-corrected chi connectivity index (χ3v) is 9.62. The normalized spacial score (nSPS) is 23.3. The van der Waals surface area contributed by atoms with Gasteiger partial charge in [-0.25, -0.2) is 4.79 Å². The van der Waals surface area contributed by atoms with Crippen molar-refractivity contribution in [2.24, 2.45) is 4.99 Å². The number of fused-ring (bicyclic) bond motifs is 6. The molecule has 0 saturated carbocycles. The van der Waals surface area contributed by atoms with Crippen molar-refractivity contribution in [2.75, 3.05) is 60.7 Å². The van der Waals surface area contributed by atoms with Gasteiger partial charge in [-0.3, -0.25) is 9.79 Å². The summed E-state index contributed by atoms with van der Waals surface area (Å²) in [7, 11) is 5.52. The van der Waals surface area contributed by atoms with E-state index in [-0.39, 0.29) is 30.1 Å². The van der Waals surface area contributed by atoms with Crippen LogP contribution >= 0.6 is 0 Å². The molecule has 1 aromatic carbocycles. The number of hydrogen-bond acceptors (Lipinski definition) is 9. The highest BCUT2D eigenvalue weighted by Gasteiger charge is 2.37. The first-order valence-corrected chi connectivity index (χ1v) is 15.8. The molecule has 11 nitrogen and oxygen atoms in total. The van der Waals surface area contributed by atoms with Crippen LogP contribution in [0, 0.1) is 0 Å². The van der Waals surface area contributed by atoms with Gasteiger partial charge in [0.1, 0.15) is 0 Å². The molecule has 2 aromatic rings. The molecule has 2 atom stereocenters. The summed E-state index contributed by atoms with van der Waals surface area (Å²) in [5.74, 6) is 1.83. The van der Waals surface area contributed by atoms with Crippen LogP contribution in [0.3, 0.4) is 0 Å². The molecule has 4 aliphatic heterocycles. The van der Waals surface area contributed by atoms with Crippen molar-refractivity contribution in [3.05, 3.63) is 57.4 Å². The van der Waals surface area contributed by atoms with Crippen LogP contribution in [0.4, 0.5) is 4.79 Å². The Balaban J connectivity index is 1.21. The number of rotatable bonds is 6. The largest absolute Gasteiger partial charge is 0.493 e. The van der Waals surface area contributed by atoms with Crippen LogP contribution in [-0.2, 0) is 16.0 Å². The topological polar surface area (TPSA) is 98.1 Å². The van der Waals surface area contributed by atoms with Crippen LogP contribution in [0.15, 0.2) is 45.6 Å². The molecule has 1 aliphatic carbocycles. The Morgan fingerprint density at radius 1 is 1.00 bits per heavy atom. The lowest BCUT2D eigenvalue weighted by atomic mass is 9.84. The van der Waals surface area contributed by atoms with Crippen LogP contribution in [0.1, 0.15) is 49.3 Å². The average molecular weight is 604 g/mol. The highest BCUT2D eigenvalue weighted by Crippen LogP contribution is 2.42. The summed E-state index contributed by atoms with van der Waals surface area (Å²) in [5, 5.41) is 1.17. The van der Waals surface area contributed by atoms with E-state index in [1.165, 1.54) is 19.3 Å². The number of pyridine rings is 1. The number of amides is 1. The Hall–Kier alpha value is -3.83. The van der Waals surface area contributed by atoms with E-state index in [9.17, 15) is 9.59 Å². The second-order valence-corrected chi connectivity index (χ2v) is 12.6. The van der Waals surface area contributed by atoms with Crippen molar-refractivity contribution in [3.8, 4) is 11.5 Å².